The van der Waals surface area contributed by atoms with E-state index >= 15 is 0 Å². The Morgan fingerprint density at radius 2 is 2.05 bits per heavy atom. The third-order valence-corrected chi connectivity index (χ3v) is 3.60. The van der Waals surface area contributed by atoms with Gasteiger partial charge < -0.3 is 15.5 Å². The molecule has 1 aromatic rings. The second kappa shape index (κ2) is 6.02. The van der Waals surface area contributed by atoms with Gasteiger partial charge in [-0.1, -0.05) is 13.0 Å². The monoisotopic (exact) mass is 262 g/mol. The van der Waals surface area contributed by atoms with E-state index in [0.29, 0.717) is 6.42 Å². The van der Waals surface area contributed by atoms with E-state index in [1.807, 2.05) is 25.1 Å². The van der Waals surface area contributed by atoms with Crippen LogP contribution in [0.4, 0.5) is 5.82 Å². The fraction of sp³-hybridized carbons (Fsp3) is 0.571. The van der Waals surface area contributed by atoms with E-state index in [2.05, 4.69) is 21.8 Å². The van der Waals surface area contributed by atoms with Gasteiger partial charge in [-0.15, -0.1) is 0 Å². The van der Waals surface area contributed by atoms with Gasteiger partial charge in [-0.3, -0.25) is 4.79 Å². The van der Waals surface area contributed by atoms with Gasteiger partial charge in [-0.05, 0) is 19.2 Å². The summed E-state index contributed by atoms with van der Waals surface area (Å²) in [4.78, 5) is 20.3. The molecule has 1 amide bonds. The first kappa shape index (κ1) is 13.8. The van der Waals surface area contributed by atoms with Gasteiger partial charge in [0.1, 0.15) is 5.82 Å². The number of primary amides is 1. The molecule has 0 saturated carbocycles. The molecule has 0 unspecified atom stereocenters. The molecule has 1 saturated heterocycles. The first-order valence-corrected chi connectivity index (χ1v) is 6.75. The predicted molar refractivity (Wildman–Crippen MR) is 76.2 cm³/mol. The molecule has 1 aromatic heterocycles. The first-order valence-electron chi connectivity index (χ1n) is 6.75. The average molecular weight is 262 g/mol. The maximum Gasteiger partial charge on any atom is 0.218 e. The third kappa shape index (κ3) is 3.67. The van der Waals surface area contributed by atoms with Crippen molar-refractivity contribution in [2.45, 2.75) is 19.3 Å². The Labute approximate surface area is 114 Å². The van der Waals surface area contributed by atoms with Gasteiger partial charge in [0.25, 0.3) is 0 Å². The largest absolute Gasteiger partial charge is 0.370 e. The molecule has 5 heteroatoms. The highest BCUT2D eigenvalue weighted by molar-refractivity contribution is 5.74. The van der Waals surface area contributed by atoms with Crippen LogP contribution in [-0.2, 0) is 4.79 Å². The zero-order chi connectivity index (χ0) is 13.8. The first-order chi connectivity index (χ1) is 9.06. The molecular weight excluding hydrogens is 240 g/mol. The lowest BCUT2D eigenvalue weighted by atomic mass is 10.0. The molecule has 2 rings (SSSR count). The molecule has 0 spiro atoms. The lowest BCUT2D eigenvalue weighted by Crippen LogP contribution is -2.44. The number of pyridine rings is 1. The van der Waals surface area contributed by atoms with E-state index in [0.717, 1.165) is 37.7 Å². The Balaban J connectivity index is 2.08. The molecule has 2 heterocycles. The molecule has 0 radical (unpaired) electrons. The third-order valence-electron chi connectivity index (χ3n) is 3.60. The molecule has 2 N–H and O–H groups in total. The highest BCUT2D eigenvalue weighted by Gasteiger charge is 2.17. The Bertz CT molecular complexity index is 441. The Hall–Kier alpha value is -1.62. The molecule has 5 nitrogen and oxygen atoms in total. The van der Waals surface area contributed by atoms with Gasteiger partial charge in [0.15, 0.2) is 0 Å². The normalized spacial score (nSPS) is 18.3. The maximum atomic E-state index is 11.0. The van der Waals surface area contributed by atoms with Crippen molar-refractivity contribution in [1.82, 2.24) is 9.88 Å². The van der Waals surface area contributed by atoms with Gasteiger partial charge in [-0.25, -0.2) is 4.98 Å². The van der Waals surface area contributed by atoms with Crippen molar-refractivity contribution in [1.29, 1.82) is 0 Å². The number of nitrogens with two attached hydrogens (primary N) is 1. The molecule has 19 heavy (non-hydrogen) atoms. The fourth-order valence-electron chi connectivity index (χ4n) is 2.33. The summed E-state index contributed by atoms with van der Waals surface area (Å²) in [5.41, 5.74) is 6.18. The standard InChI is InChI=1S/C14H22N4O/c1-11(10-13(15)19)12-4-3-5-14(16-12)18-8-6-17(2)7-9-18/h3-5,11H,6-10H2,1-2H3,(H2,15,19)/t11-/m1/s1. The highest BCUT2D eigenvalue weighted by atomic mass is 16.1. The fourth-order valence-corrected chi connectivity index (χ4v) is 2.33. The van der Waals surface area contributed by atoms with Crippen LogP contribution in [0.1, 0.15) is 25.0 Å². The molecule has 1 aliphatic heterocycles. The molecule has 1 fully saturated rings. The summed E-state index contributed by atoms with van der Waals surface area (Å²) >= 11 is 0. The zero-order valence-electron chi connectivity index (χ0n) is 11.7. The lowest BCUT2D eigenvalue weighted by Gasteiger charge is -2.33. The van der Waals surface area contributed by atoms with E-state index in [1.54, 1.807) is 0 Å². The van der Waals surface area contributed by atoms with Gasteiger partial charge in [-0.2, -0.15) is 0 Å². The topological polar surface area (TPSA) is 62.5 Å². The summed E-state index contributed by atoms with van der Waals surface area (Å²) in [6.07, 6.45) is 0.346. The Kier molecular flexibility index (Phi) is 4.37. The number of piperazine rings is 1. The van der Waals surface area contributed by atoms with Gasteiger partial charge in [0.2, 0.25) is 5.91 Å². The van der Waals surface area contributed by atoms with Crippen molar-refractivity contribution in [2.75, 3.05) is 38.1 Å². The van der Waals surface area contributed by atoms with Crippen LogP contribution in [0.5, 0.6) is 0 Å². The molecule has 1 atom stereocenters. The number of hydrogen-bond acceptors (Lipinski definition) is 4. The number of hydrogen-bond donors (Lipinski definition) is 1. The van der Waals surface area contributed by atoms with E-state index in [-0.39, 0.29) is 11.8 Å². The molecular formula is C14H22N4O. The van der Waals surface area contributed by atoms with Crippen LogP contribution in [0.2, 0.25) is 0 Å². The van der Waals surface area contributed by atoms with E-state index < -0.39 is 0 Å². The molecule has 0 bridgehead atoms. The lowest BCUT2D eigenvalue weighted by molar-refractivity contribution is -0.118. The second-order valence-electron chi connectivity index (χ2n) is 5.28. The Morgan fingerprint density at radius 3 is 2.68 bits per heavy atom. The van der Waals surface area contributed by atoms with Crippen molar-refractivity contribution >= 4 is 11.7 Å². The van der Waals surface area contributed by atoms with Crippen molar-refractivity contribution in [3.8, 4) is 0 Å². The zero-order valence-corrected chi connectivity index (χ0v) is 11.7. The van der Waals surface area contributed by atoms with Gasteiger partial charge in [0, 0.05) is 44.2 Å². The van der Waals surface area contributed by atoms with Crippen LogP contribution < -0.4 is 10.6 Å². The van der Waals surface area contributed by atoms with Crippen LogP contribution in [-0.4, -0.2) is 49.0 Å². The second-order valence-corrected chi connectivity index (χ2v) is 5.28. The molecule has 0 aromatic carbocycles. The minimum absolute atomic E-state index is 0.0740. The molecule has 0 aliphatic carbocycles. The van der Waals surface area contributed by atoms with Crippen LogP contribution >= 0.6 is 0 Å². The van der Waals surface area contributed by atoms with Crippen molar-refractivity contribution in [3.05, 3.63) is 23.9 Å². The molecule has 1 aliphatic rings. The Morgan fingerprint density at radius 1 is 1.37 bits per heavy atom. The average Bonchev–Trinajstić information content (AvgIpc) is 2.39. The number of amides is 1. The van der Waals surface area contributed by atoms with Crippen LogP contribution in [0.15, 0.2) is 18.2 Å². The van der Waals surface area contributed by atoms with E-state index in [9.17, 15) is 4.79 Å². The molecule has 104 valence electrons. The number of likely N-dealkylation sites (N-methyl/N-ethyl adjacent to an activating group) is 1. The SMILES string of the molecule is C[C@H](CC(N)=O)c1cccc(N2CCN(C)CC2)n1. The van der Waals surface area contributed by atoms with E-state index in [1.165, 1.54) is 0 Å². The van der Waals surface area contributed by atoms with E-state index in [4.69, 9.17) is 5.73 Å². The smallest absolute Gasteiger partial charge is 0.218 e. The van der Waals surface area contributed by atoms with Gasteiger partial charge >= 0.3 is 0 Å². The predicted octanol–water partition coefficient (Wildman–Crippen LogP) is 0.812. The summed E-state index contributed by atoms with van der Waals surface area (Å²) in [6.45, 7) is 6.10. The quantitative estimate of drug-likeness (QED) is 0.872. The summed E-state index contributed by atoms with van der Waals surface area (Å²) in [5.74, 6) is 0.797. The number of nitrogens with zero attached hydrogens (tertiary/aromatic N) is 3. The number of aromatic nitrogens is 1. The number of carbonyl (C=O) groups excluding carboxylic acids is 1. The number of rotatable bonds is 4. The number of anilines is 1. The summed E-state index contributed by atoms with van der Waals surface area (Å²) in [5, 5.41) is 0. The summed E-state index contributed by atoms with van der Waals surface area (Å²) in [6, 6.07) is 6.01. The number of carbonyl (C=O) groups is 1. The van der Waals surface area contributed by atoms with Crippen LogP contribution in [0.25, 0.3) is 0 Å². The van der Waals surface area contributed by atoms with Crippen LogP contribution in [0, 0.1) is 0 Å². The van der Waals surface area contributed by atoms with Gasteiger partial charge in [0.05, 0.1) is 0 Å². The minimum Gasteiger partial charge on any atom is -0.370 e. The van der Waals surface area contributed by atoms with Crippen molar-refractivity contribution in [3.63, 3.8) is 0 Å². The maximum absolute atomic E-state index is 11.0. The van der Waals surface area contributed by atoms with Crippen LogP contribution in [0.3, 0.4) is 0 Å². The minimum atomic E-state index is -0.278. The summed E-state index contributed by atoms with van der Waals surface area (Å²) < 4.78 is 0. The van der Waals surface area contributed by atoms with Crippen molar-refractivity contribution < 1.29 is 4.79 Å². The highest BCUT2D eigenvalue weighted by Crippen LogP contribution is 2.20. The summed E-state index contributed by atoms with van der Waals surface area (Å²) in [7, 11) is 2.14. The van der Waals surface area contributed by atoms with Crippen molar-refractivity contribution in [2.24, 2.45) is 5.73 Å².